The van der Waals surface area contributed by atoms with Gasteiger partial charge in [0.2, 0.25) is 0 Å². The van der Waals surface area contributed by atoms with Crippen LogP contribution in [0.3, 0.4) is 0 Å². The Morgan fingerprint density at radius 2 is 1.88 bits per heavy atom. The number of hydroxylamine groups is 2. The molecule has 3 rings (SSSR count). The lowest BCUT2D eigenvalue weighted by atomic mass is 9.83. The van der Waals surface area contributed by atoms with Crippen molar-refractivity contribution in [1.29, 1.82) is 0 Å². The van der Waals surface area contributed by atoms with E-state index in [0.29, 0.717) is 0 Å². The van der Waals surface area contributed by atoms with Crippen molar-refractivity contribution < 1.29 is 15.1 Å². The van der Waals surface area contributed by atoms with Gasteiger partial charge in [0.15, 0.2) is 0 Å². The predicted octanol–water partition coefficient (Wildman–Crippen LogP) is 5.24. The zero-order valence-corrected chi connectivity index (χ0v) is 16.1. The Labute approximate surface area is 156 Å². The molecule has 0 saturated carbocycles. The van der Waals surface area contributed by atoms with Gasteiger partial charge in [0.05, 0.1) is 6.04 Å². The van der Waals surface area contributed by atoms with E-state index < -0.39 is 0 Å². The molecule has 0 spiro atoms. The zero-order chi connectivity index (χ0) is 18.8. The molecule has 0 amide bonds. The summed E-state index contributed by atoms with van der Waals surface area (Å²) in [5, 5.41) is 21.3. The second-order valence-electron chi connectivity index (χ2n) is 7.21. The van der Waals surface area contributed by atoms with Gasteiger partial charge in [-0.3, -0.25) is 0 Å². The summed E-state index contributed by atoms with van der Waals surface area (Å²) >= 11 is 0. The molecule has 0 saturated heterocycles. The summed E-state index contributed by atoms with van der Waals surface area (Å²) < 4.78 is 6.31. The number of benzene rings is 2. The highest BCUT2D eigenvalue weighted by atomic mass is 16.5. The molecule has 1 aliphatic heterocycles. The largest absolute Gasteiger partial charge is 0.508 e. The van der Waals surface area contributed by atoms with Crippen molar-refractivity contribution in [3.05, 3.63) is 47.0 Å². The van der Waals surface area contributed by atoms with Crippen LogP contribution in [0, 0.1) is 6.92 Å². The van der Waals surface area contributed by atoms with Crippen molar-refractivity contribution in [2.45, 2.75) is 58.6 Å². The molecule has 4 heteroatoms. The van der Waals surface area contributed by atoms with Crippen LogP contribution in [0.2, 0.25) is 0 Å². The molecule has 0 bridgehead atoms. The number of aromatic hydroxyl groups is 1. The molecule has 140 valence electrons. The Morgan fingerprint density at radius 1 is 1.19 bits per heavy atom. The molecule has 0 radical (unpaired) electrons. The normalized spacial score (nSPS) is 19.3. The number of hydrogen-bond acceptors (Lipinski definition) is 4. The SMILES string of the molecule is CCCC1CC(N(C)O)c2c(cc(C)c(-c3ccc(O)cc3)c2CC)O1. The molecule has 0 fully saturated rings. The van der Waals surface area contributed by atoms with Crippen LogP contribution >= 0.6 is 0 Å². The molecular weight excluding hydrogens is 326 g/mol. The lowest BCUT2D eigenvalue weighted by Gasteiger charge is -2.37. The Morgan fingerprint density at radius 3 is 2.46 bits per heavy atom. The molecule has 2 unspecified atom stereocenters. The summed E-state index contributed by atoms with van der Waals surface area (Å²) in [5.41, 5.74) is 5.72. The minimum atomic E-state index is -0.0679. The number of phenols is 1. The molecule has 2 aromatic carbocycles. The van der Waals surface area contributed by atoms with E-state index in [-0.39, 0.29) is 17.9 Å². The maximum absolute atomic E-state index is 10.3. The van der Waals surface area contributed by atoms with E-state index in [4.69, 9.17) is 4.74 Å². The first-order chi connectivity index (χ1) is 12.5. The Bertz CT molecular complexity index is 768. The minimum absolute atomic E-state index is 0.0679. The standard InChI is InChI=1S/C22H29NO3/c1-5-7-17-13-19(23(4)25)22-18(6-2)21(14(3)12-20(22)26-17)15-8-10-16(24)11-9-15/h8-12,17,19,24-25H,5-7,13H2,1-4H3. The molecule has 0 aliphatic carbocycles. The predicted molar refractivity (Wildman–Crippen MR) is 104 cm³/mol. The van der Waals surface area contributed by atoms with Crippen LogP contribution < -0.4 is 4.74 Å². The Hall–Kier alpha value is -2.04. The third-order valence-electron chi connectivity index (χ3n) is 5.32. The van der Waals surface area contributed by atoms with Crippen LogP contribution in [-0.2, 0) is 6.42 Å². The minimum Gasteiger partial charge on any atom is -0.508 e. The lowest BCUT2D eigenvalue weighted by Crippen LogP contribution is -2.33. The molecule has 1 aliphatic rings. The molecule has 2 aromatic rings. The first-order valence-electron chi connectivity index (χ1n) is 9.50. The van der Waals surface area contributed by atoms with Gasteiger partial charge in [0, 0.05) is 19.0 Å². The van der Waals surface area contributed by atoms with Gasteiger partial charge in [0.1, 0.15) is 17.6 Å². The van der Waals surface area contributed by atoms with Gasteiger partial charge in [-0.2, -0.15) is 5.06 Å². The molecule has 1 heterocycles. The van der Waals surface area contributed by atoms with Crippen LogP contribution in [0.4, 0.5) is 0 Å². The van der Waals surface area contributed by atoms with Gasteiger partial charge in [-0.15, -0.1) is 0 Å². The van der Waals surface area contributed by atoms with Crippen LogP contribution in [-0.4, -0.2) is 28.5 Å². The van der Waals surface area contributed by atoms with E-state index in [0.717, 1.165) is 48.1 Å². The van der Waals surface area contributed by atoms with E-state index in [9.17, 15) is 10.3 Å². The third kappa shape index (κ3) is 3.44. The number of rotatable bonds is 5. The summed E-state index contributed by atoms with van der Waals surface area (Å²) in [6.45, 7) is 6.41. The van der Waals surface area contributed by atoms with E-state index >= 15 is 0 Å². The first kappa shape index (κ1) is 18.7. The molecule has 2 atom stereocenters. The molecule has 4 nitrogen and oxygen atoms in total. The average Bonchev–Trinajstić information content (AvgIpc) is 2.61. The van der Waals surface area contributed by atoms with Gasteiger partial charge in [-0.05, 0) is 60.2 Å². The van der Waals surface area contributed by atoms with Crippen molar-refractivity contribution >= 4 is 0 Å². The van der Waals surface area contributed by atoms with Crippen LogP contribution in [0.1, 0.15) is 55.8 Å². The van der Waals surface area contributed by atoms with Gasteiger partial charge in [0.25, 0.3) is 0 Å². The summed E-state index contributed by atoms with van der Waals surface area (Å²) in [6.07, 6.45) is 3.83. The number of nitrogens with zero attached hydrogens (tertiary/aromatic N) is 1. The average molecular weight is 355 g/mol. The fourth-order valence-electron chi connectivity index (χ4n) is 4.16. The van der Waals surface area contributed by atoms with Crippen molar-refractivity contribution in [1.82, 2.24) is 5.06 Å². The number of aryl methyl sites for hydroxylation is 1. The van der Waals surface area contributed by atoms with Crippen LogP contribution in [0.25, 0.3) is 11.1 Å². The number of hydrogen-bond donors (Lipinski definition) is 2. The summed E-state index contributed by atoms with van der Waals surface area (Å²) in [6, 6.07) is 9.37. The van der Waals surface area contributed by atoms with Gasteiger partial charge in [-0.1, -0.05) is 32.4 Å². The Balaban J connectivity index is 2.18. The molecule has 0 aromatic heterocycles. The van der Waals surface area contributed by atoms with Crippen LogP contribution in [0.15, 0.2) is 30.3 Å². The maximum atomic E-state index is 10.3. The molecule has 26 heavy (non-hydrogen) atoms. The van der Waals surface area contributed by atoms with E-state index in [1.807, 2.05) is 12.1 Å². The van der Waals surface area contributed by atoms with Crippen molar-refractivity contribution in [3.63, 3.8) is 0 Å². The van der Waals surface area contributed by atoms with Crippen molar-refractivity contribution in [2.24, 2.45) is 0 Å². The lowest BCUT2D eigenvalue weighted by molar-refractivity contribution is -0.119. The Kier molecular flexibility index (Phi) is 5.54. The van der Waals surface area contributed by atoms with Gasteiger partial charge < -0.3 is 15.1 Å². The fourth-order valence-corrected chi connectivity index (χ4v) is 4.16. The number of ether oxygens (including phenoxy) is 1. The maximum Gasteiger partial charge on any atom is 0.125 e. The van der Waals surface area contributed by atoms with E-state index in [2.05, 4.69) is 26.8 Å². The first-order valence-corrected chi connectivity index (χ1v) is 9.50. The second-order valence-corrected chi connectivity index (χ2v) is 7.21. The molecular formula is C22H29NO3. The number of phenolic OH excluding ortho intramolecular Hbond substituents is 1. The fraction of sp³-hybridized carbons (Fsp3) is 0.455. The van der Waals surface area contributed by atoms with Crippen molar-refractivity contribution in [2.75, 3.05) is 7.05 Å². The van der Waals surface area contributed by atoms with E-state index in [1.54, 1.807) is 19.2 Å². The summed E-state index contributed by atoms with van der Waals surface area (Å²) in [5.74, 6) is 1.17. The summed E-state index contributed by atoms with van der Waals surface area (Å²) in [4.78, 5) is 0. The molecule has 2 N–H and O–H groups in total. The van der Waals surface area contributed by atoms with Gasteiger partial charge >= 0.3 is 0 Å². The highest BCUT2D eigenvalue weighted by Crippen LogP contribution is 2.45. The highest BCUT2D eigenvalue weighted by molar-refractivity contribution is 5.75. The van der Waals surface area contributed by atoms with Gasteiger partial charge in [-0.25, -0.2) is 0 Å². The third-order valence-corrected chi connectivity index (χ3v) is 5.32. The second kappa shape index (κ2) is 7.68. The van der Waals surface area contributed by atoms with Crippen LogP contribution in [0.5, 0.6) is 11.5 Å². The quantitative estimate of drug-likeness (QED) is 0.720. The monoisotopic (exact) mass is 355 g/mol. The van der Waals surface area contributed by atoms with Crippen molar-refractivity contribution in [3.8, 4) is 22.6 Å². The number of fused-ring (bicyclic) bond motifs is 1. The summed E-state index contributed by atoms with van der Waals surface area (Å²) in [7, 11) is 1.72. The van der Waals surface area contributed by atoms with E-state index in [1.165, 1.54) is 16.2 Å². The zero-order valence-electron chi connectivity index (χ0n) is 16.1. The topological polar surface area (TPSA) is 52.9 Å². The highest BCUT2D eigenvalue weighted by Gasteiger charge is 2.33. The smallest absolute Gasteiger partial charge is 0.125 e.